The molecule has 110 valence electrons. The van der Waals surface area contributed by atoms with Gasteiger partial charge in [0.2, 0.25) is 0 Å². The average molecular weight is 284 g/mol. The summed E-state index contributed by atoms with van der Waals surface area (Å²) in [5.74, 6) is 0.832. The van der Waals surface area contributed by atoms with Crippen molar-refractivity contribution in [2.45, 2.75) is 31.3 Å². The smallest absolute Gasteiger partial charge is 0.119 e. The van der Waals surface area contributed by atoms with Crippen molar-refractivity contribution in [3.05, 3.63) is 53.3 Å². The maximum Gasteiger partial charge on any atom is 0.119 e. The van der Waals surface area contributed by atoms with Crippen LogP contribution >= 0.6 is 0 Å². The number of ether oxygens (including phenoxy) is 1. The summed E-state index contributed by atoms with van der Waals surface area (Å²) in [7, 11) is 1.66. The maximum absolute atomic E-state index is 10.9. The Hall–Kier alpha value is -2.07. The number of aliphatic hydroxyl groups is 1. The summed E-state index contributed by atoms with van der Waals surface area (Å²) >= 11 is 0. The number of aryl methyl sites for hydroxylation is 1. The van der Waals surface area contributed by atoms with Crippen molar-refractivity contribution in [3.8, 4) is 5.75 Å². The summed E-state index contributed by atoms with van der Waals surface area (Å²) in [5, 5.41) is 10.9. The molecule has 0 radical (unpaired) electrons. The van der Waals surface area contributed by atoms with Crippen LogP contribution in [0.15, 0.2) is 36.7 Å². The third-order valence-electron chi connectivity index (χ3n) is 4.25. The number of benzene rings is 1. The normalized spacial score (nSPS) is 20.9. The molecule has 3 rings (SSSR count). The maximum atomic E-state index is 10.9. The highest BCUT2D eigenvalue weighted by molar-refractivity contribution is 5.46. The molecule has 4 nitrogen and oxygen atoms in total. The Morgan fingerprint density at radius 3 is 2.95 bits per heavy atom. The number of anilines is 1. The van der Waals surface area contributed by atoms with Crippen molar-refractivity contribution < 1.29 is 9.84 Å². The number of hydrogen-bond donors (Lipinski definition) is 2. The topological polar surface area (TPSA) is 68.4 Å². The number of aromatic nitrogens is 1. The van der Waals surface area contributed by atoms with Gasteiger partial charge in [0, 0.05) is 30.9 Å². The van der Waals surface area contributed by atoms with E-state index < -0.39 is 5.60 Å². The third kappa shape index (κ3) is 2.85. The zero-order valence-corrected chi connectivity index (χ0v) is 12.2. The second-order valence-electron chi connectivity index (χ2n) is 5.79. The minimum Gasteiger partial charge on any atom is -0.497 e. The van der Waals surface area contributed by atoms with Gasteiger partial charge in [0.15, 0.2) is 0 Å². The van der Waals surface area contributed by atoms with E-state index >= 15 is 0 Å². The fourth-order valence-electron chi connectivity index (χ4n) is 3.04. The molecule has 2 aromatic rings. The van der Waals surface area contributed by atoms with Crippen LogP contribution in [0.5, 0.6) is 5.75 Å². The van der Waals surface area contributed by atoms with Crippen molar-refractivity contribution in [2.24, 2.45) is 0 Å². The number of methoxy groups -OCH3 is 1. The zero-order valence-electron chi connectivity index (χ0n) is 12.2. The molecule has 1 aliphatic rings. The quantitative estimate of drug-likeness (QED) is 0.906. The van der Waals surface area contributed by atoms with Gasteiger partial charge >= 0.3 is 0 Å². The SMILES string of the molecule is COc1ccc2c(c1)CC(O)(Cc1cnccc1N)CC2. The molecule has 21 heavy (non-hydrogen) atoms. The van der Waals surface area contributed by atoms with Crippen LogP contribution in [0.25, 0.3) is 0 Å². The molecule has 1 unspecified atom stereocenters. The highest BCUT2D eigenvalue weighted by atomic mass is 16.5. The molecule has 1 heterocycles. The van der Waals surface area contributed by atoms with Crippen LogP contribution in [0.1, 0.15) is 23.1 Å². The lowest BCUT2D eigenvalue weighted by Gasteiger charge is -2.34. The first kappa shape index (κ1) is 13.9. The van der Waals surface area contributed by atoms with Crippen molar-refractivity contribution in [1.82, 2.24) is 4.98 Å². The molecule has 0 fully saturated rings. The molecule has 3 N–H and O–H groups in total. The average Bonchev–Trinajstić information content (AvgIpc) is 2.48. The van der Waals surface area contributed by atoms with E-state index in [0.29, 0.717) is 18.5 Å². The molecule has 0 aliphatic heterocycles. The summed E-state index contributed by atoms with van der Waals surface area (Å²) in [6, 6.07) is 7.86. The summed E-state index contributed by atoms with van der Waals surface area (Å²) in [4.78, 5) is 4.10. The van der Waals surface area contributed by atoms with Gasteiger partial charge in [-0.25, -0.2) is 0 Å². The van der Waals surface area contributed by atoms with Crippen LogP contribution in [0, 0.1) is 0 Å². The number of nitrogens with two attached hydrogens (primary N) is 1. The first-order valence-corrected chi connectivity index (χ1v) is 7.16. The molecule has 0 bridgehead atoms. The molecule has 1 atom stereocenters. The second-order valence-corrected chi connectivity index (χ2v) is 5.79. The van der Waals surface area contributed by atoms with Crippen LogP contribution in [0.4, 0.5) is 5.69 Å². The predicted octanol–water partition coefficient (Wildman–Crippen LogP) is 2.13. The lowest BCUT2D eigenvalue weighted by atomic mass is 9.77. The monoisotopic (exact) mass is 284 g/mol. The molecule has 4 heteroatoms. The van der Waals surface area contributed by atoms with Crippen LogP contribution < -0.4 is 10.5 Å². The number of fused-ring (bicyclic) bond motifs is 1. The van der Waals surface area contributed by atoms with Gasteiger partial charge in [-0.05, 0) is 47.7 Å². The van der Waals surface area contributed by atoms with Gasteiger partial charge in [-0.1, -0.05) is 6.07 Å². The standard InChI is InChI=1S/C17H20N2O2/c1-21-15-3-2-12-4-6-17(20,9-13(12)8-15)10-14-11-19-7-5-16(14)18/h2-3,5,7-8,11,20H,4,6,9-10H2,1H3,(H2,18,19). The highest BCUT2D eigenvalue weighted by Crippen LogP contribution is 2.34. The van der Waals surface area contributed by atoms with Crippen molar-refractivity contribution in [2.75, 3.05) is 12.8 Å². The van der Waals surface area contributed by atoms with E-state index in [0.717, 1.165) is 29.7 Å². The van der Waals surface area contributed by atoms with Gasteiger partial charge in [-0.3, -0.25) is 4.98 Å². The van der Waals surface area contributed by atoms with E-state index in [1.54, 1.807) is 25.6 Å². The Kier molecular flexibility index (Phi) is 3.55. The van der Waals surface area contributed by atoms with E-state index in [2.05, 4.69) is 11.1 Å². The summed E-state index contributed by atoms with van der Waals surface area (Å²) < 4.78 is 5.27. The van der Waals surface area contributed by atoms with Crippen molar-refractivity contribution >= 4 is 5.69 Å². The van der Waals surface area contributed by atoms with E-state index in [1.165, 1.54) is 5.56 Å². The Balaban J connectivity index is 1.85. The number of rotatable bonds is 3. The van der Waals surface area contributed by atoms with E-state index in [4.69, 9.17) is 10.5 Å². The van der Waals surface area contributed by atoms with Gasteiger partial charge < -0.3 is 15.6 Å². The van der Waals surface area contributed by atoms with Crippen LogP contribution in [0.2, 0.25) is 0 Å². The molecule has 0 saturated heterocycles. The zero-order chi connectivity index (χ0) is 14.9. The lowest BCUT2D eigenvalue weighted by molar-refractivity contribution is 0.0267. The lowest BCUT2D eigenvalue weighted by Crippen LogP contribution is -2.38. The Morgan fingerprint density at radius 2 is 2.19 bits per heavy atom. The van der Waals surface area contributed by atoms with Gasteiger partial charge in [-0.15, -0.1) is 0 Å². The molecular formula is C17H20N2O2. The van der Waals surface area contributed by atoms with Gasteiger partial charge in [-0.2, -0.15) is 0 Å². The van der Waals surface area contributed by atoms with Gasteiger partial charge in [0.1, 0.15) is 5.75 Å². The second kappa shape index (κ2) is 5.37. The fraction of sp³-hybridized carbons (Fsp3) is 0.353. The molecule has 0 spiro atoms. The van der Waals surface area contributed by atoms with Crippen LogP contribution in [-0.4, -0.2) is 22.8 Å². The number of pyridine rings is 1. The Morgan fingerprint density at radius 1 is 1.33 bits per heavy atom. The van der Waals surface area contributed by atoms with Gasteiger partial charge in [0.25, 0.3) is 0 Å². The number of nitrogens with zero attached hydrogens (tertiary/aromatic N) is 1. The first-order chi connectivity index (χ1) is 10.1. The van der Waals surface area contributed by atoms with E-state index in [-0.39, 0.29) is 0 Å². The van der Waals surface area contributed by atoms with Gasteiger partial charge in [0.05, 0.1) is 12.7 Å². The highest BCUT2D eigenvalue weighted by Gasteiger charge is 2.33. The number of hydrogen-bond acceptors (Lipinski definition) is 4. The van der Waals surface area contributed by atoms with Crippen LogP contribution in [0.3, 0.4) is 0 Å². The molecule has 1 aromatic heterocycles. The Bertz CT molecular complexity index is 657. The first-order valence-electron chi connectivity index (χ1n) is 7.16. The van der Waals surface area contributed by atoms with E-state index in [9.17, 15) is 5.11 Å². The molecule has 1 aromatic carbocycles. The molecule has 0 saturated carbocycles. The van der Waals surface area contributed by atoms with Crippen molar-refractivity contribution in [1.29, 1.82) is 0 Å². The van der Waals surface area contributed by atoms with Crippen LogP contribution in [-0.2, 0) is 19.3 Å². The largest absolute Gasteiger partial charge is 0.497 e. The summed E-state index contributed by atoms with van der Waals surface area (Å²) in [6.07, 6.45) is 6.17. The number of nitrogen functional groups attached to an aromatic ring is 1. The Labute approximate surface area is 124 Å². The fourth-order valence-corrected chi connectivity index (χ4v) is 3.04. The molecular weight excluding hydrogens is 264 g/mol. The van der Waals surface area contributed by atoms with E-state index in [1.807, 2.05) is 12.1 Å². The minimum absolute atomic E-state index is 0.531. The summed E-state index contributed by atoms with van der Waals surface area (Å²) in [6.45, 7) is 0. The third-order valence-corrected chi connectivity index (χ3v) is 4.25. The predicted molar refractivity (Wildman–Crippen MR) is 82.3 cm³/mol. The molecule has 1 aliphatic carbocycles. The minimum atomic E-state index is -0.767. The summed E-state index contributed by atoms with van der Waals surface area (Å²) in [5.41, 5.74) is 9.25. The van der Waals surface area contributed by atoms with Crippen molar-refractivity contribution in [3.63, 3.8) is 0 Å². The molecule has 0 amide bonds.